The molecule has 0 bridgehead atoms. The molecule has 0 aliphatic rings. The number of hydrogen-bond acceptors (Lipinski definition) is 4. The van der Waals surface area contributed by atoms with Gasteiger partial charge in [-0.15, -0.1) is 0 Å². The monoisotopic (exact) mass is 252 g/mol. The maximum absolute atomic E-state index is 12.8. The van der Waals surface area contributed by atoms with Crippen LogP contribution in [0.2, 0.25) is 0 Å². The number of ether oxygens (including phenoxy) is 1. The van der Waals surface area contributed by atoms with E-state index in [0.29, 0.717) is 25.8 Å². The Labute approximate surface area is 101 Å². The van der Waals surface area contributed by atoms with Gasteiger partial charge in [0.2, 0.25) is 0 Å². The Kier molecular flexibility index (Phi) is 7.99. The van der Waals surface area contributed by atoms with Crippen molar-refractivity contribution < 1.29 is 18.3 Å². The summed E-state index contributed by atoms with van der Waals surface area (Å²) >= 11 is 0. The molecule has 0 aliphatic carbocycles. The summed E-state index contributed by atoms with van der Waals surface area (Å²) in [4.78, 5) is 11.5. The Hall–Kier alpha value is -0.750. The molecule has 0 heterocycles. The molecule has 0 fully saturated rings. The van der Waals surface area contributed by atoms with Crippen molar-refractivity contribution in [3.05, 3.63) is 0 Å². The number of hydrogen-bond donors (Lipinski definition) is 2. The van der Waals surface area contributed by atoms with Crippen LogP contribution in [0.15, 0.2) is 0 Å². The number of nitrogens with two attached hydrogens (primary N) is 2. The van der Waals surface area contributed by atoms with Crippen molar-refractivity contribution in [2.24, 2.45) is 11.5 Å². The summed E-state index contributed by atoms with van der Waals surface area (Å²) in [6.07, 6.45) is -0.601. The van der Waals surface area contributed by atoms with Crippen molar-refractivity contribution in [1.82, 2.24) is 0 Å². The van der Waals surface area contributed by atoms with E-state index >= 15 is 0 Å². The first-order chi connectivity index (χ1) is 7.99. The molecule has 0 amide bonds. The Morgan fingerprint density at radius 2 is 2.00 bits per heavy atom. The molecule has 102 valence electrons. The average molecular weight is 252 g/mol. The van der Waals surface area contributed by atoms with Gasteiger partial charge in [-0.1, -0.05) is 13.3 Å². The molecule has 17 heavy (non-hydrogen) atoms. The van der Waals surface area contributed by atoms with E-state index in [0.717, 1.165) is 6.42 Å². The molecule has 6 heteroatoms. The largest absolute Gasteiger partial charge is 0.464 e. The summed E-state index contributed by atoms with van der Waals surface area (Å²) in [7, 11) is 0. The molecule has 0 saturated carbocycles. The first kappa shape index (κ1) is 16.2. The van der Waals surface area contributed by atoms with Gasteiger partial charge < -0.3 is 16.2 Å². The zero-order valence-electron chi connectivity index (χ0n) is 10.3. The lowest BCUT2D eigenvalue weighted by Gasteiger charge is -2.26. The van der Waals surface area contributed by atoms with Gasteiger partial charge in [0.1, 0.15) is 0 Å². The molecular formula is C11H22F2N2O2. The number of halogens is 2. The zero-order valence-corrected chi connectivity index (χ0v) is 10.3. The third-order valence-corrected chi connectivity index (χ3v) is 2.55. The highest BCUT2D eigenvalue weighted by atomic mass is 19.3. The van der Waals surface area contributed by atoms with Crippen LogP contribution in [0.3, 0.4) is 0 Å². The van der Waals surface area contributed by atoms with Crippen LogP contribution in [0.4, 0.5) is 8.78 Å². The molecule has 0 spiro atoms. The van der Waals surface area contributed by atoms with Crippen LogP contribution in [-0.2, 0) is 9.53 Å². The third-order valence-electron chi connectivity index (χ3n) is 2.55. The van der Waals surface area contributed by atoms with Crippen LogP contribution in [0.1, 0.15) is 39.0 Å². The summed E-state index contributed by atoms with van der Waals surface area (Å²) in [5.41, 5.74) is 8.51. The van der Waals surface area contributed by atoms with Crippen molar-refractivity contribution >= 4 is 5.97 Å². The summed E-state index contributed by atoms with van der Waals surface area (Å²) in [5, 5.41) is 0. The van der Waals surface area contributed by atoms with E-state index in [1.165, 1.54) is 0 Å². The molecule has 0 aromatic heterocycles. The Bertz CT molecular complexity index is 228. The summed E-state index contributed by atoms with van der Waals surface area (Å²) in [5.74, 6) is -1.02. The van der Waals surface area contributed by atoms with Crippen molar-refractivity contribution in [3.8, 4) is 0 Å². The van der Waals surface area contributed by atoms with E-state index in [4.69, 9.17) is 16.2 Å². The van der Waals surface area contributed by atoms with Crippen LogP contribution in [-0.4, -0.2) is 31.1 Å². The molecule has 0 radical (unpaired) electrons. The smallest absolute Gasteiger partial charge is 0.332 e. The molecule has 0 saturated heterocycles. The lowest BCUT2D eigenvalue weighted by molar-refractivity contribution is -0.157. The molecule has 0 rings (SSSR count). The summed E-state index contributed by atoms with van der Waals surface area (Å²) in [6, 6.07) is 0. The van der Waals surface area contributed by atoms with Gasteiger partial charge in [0.05, 0.1) is 6.61 Å². The SMILES string of the molecule is CCCCOC(=O)C(N)(CCCCN)C(F)F. The molecule has 4 N–H and O–H groups in total. The fraction of sp³-hybridized carbons (Fsp3) is 0.909. The minimum absolute atomic E-state index is 0.104. The van der Waals surface area contributed by atoms with Gasteiger partial charge in [0.15, 0.2) is 5.54 Å². The fourth-order valence-corrected chi connectivity index (χ4v) is 1.31. The Balaban J connectivity index is 4.31. The van der Waals surface area contributed by atoms with Gasteiger partial charge in [-0.25, -0.2) is 13.6 Å². The summed E-state index contributed by atoms with van der Waals surface area (Å²) in [6.45, 7) is 2.44. The van der Waals surface area contributed by atoms with E-state index in [-0.39, 0.29) is 13.0 Å². The highest BCUT2D eigenvalue weighted by Gasteiger charge is 2.44. The van der Waals surface area contributed by atoms with Crippen molar-refractivity contribution in [2.45, 2.75) is 51.0 Å². The maximum Gasteiger partial charge on any atom is 0.332 e. The molecule has 4 nitrogen and oxygen atoms in total. The lowest BCUT2D eigenvalue weighted by Crippen LogP contribution is -2.55. The molecule has 1 unspecified atom stereocenters. The number of esters is 1. The standard InChI is InChI=1S/C11H22F2N2O2/c1-2-3-8-17-10(16)11(15,9(12)13)6-4-5-7-14/h9H,2-8,14-15H2,1H3. The van der Waals surface area contributed by atoms with Crippen molar-refractivity contribution in [3.63, 3.8) is 0 Å². The van der Waals surface area contributed by atoms with Gasteiger partial charge in [-0.3, -0.25) is 0 Å². The average Bonchev–Trinajstić information content (AvgIpc) is 2.29. The third kappa shape index (κ3) is 5.41. The van der Waals surface area contributed by atoms with Crippen LogP contribution >= 0.6 is 0 Å². The normalized spacial score (nSPS) is 14.7. The molecule has 1 atom stereocenters. The zero-order chi connectivity index (χ0) is 13.3. The molecular weight excluding hydrogens is 230 g/mol. The number of rotatable bonds is 9. The van der Waals surface area contributed by atoms with Crippen LogP contribution < -0.4 is 11.5 Å². The van der Waals surface area contributed by atoms with Gasteiger partial charge in [0, 0.05) is 0 Å². The maximum atomic E-state index is 12.8. The number of carbonyl (C=O) groups excluding carboxylic acids is 1. The fourth-order valence-electron chi connectivity index (χ4n) is 1.31. The summed E-state index contributed by atoms with van der Waals surface area (Å²) < 4.78 is 30.4. The van der Waals surface area contributed by atoms with Gasteiger partial charge in [0.25, 0.3) is 6.43 Å². The van der Waals surface area contributed by atoms with Crippen LogP contribution in [0.25, 0.3) is 0 Å². The van der Waals surface area contributed by atoms with E-state index in [9.17, 15) is 13.6 Å². The number of unbranched alkanes of at least 4 members (excludes halogenated alkanes) is 2. The Morgan fingerprint density at radius 1 is 1.35 bits per heavy atom. The second-order valence-corrected chi connectivity index (χ2v) is 4.08. The second-order valence-electron chi connectivity index (χ2n) is 4.08. The van der Waals surface area contributed by atoms with E-state index in [1.54, 1.807) is 0 Å². The second kappa shape index (κ2) is 8.36. The van der Waals surface area contributed by atoms with Crippen molar-refractivity contribution in [2.75, 3.05) is 13.2 Å². The quantitative estimate of drug-likeness (QED) is 0.480. The first-order valence-corrected chi connectivity index (χ1v) is 5.93. The van der Waals surface area contributed by atoms with Crippen LogP contribution in [0, 0.1) is 0 Å². The number of carbonyl (C=O) groups is 1. The lowest BCUT2D eigenvalue weighted by atomic mass is 9.94. The molecule has 0 aromatic rings. The molecule has 0 aliphatic heterocycles. The Morgan fingerprint density at radius 3 is 2.47 bits per heavy atom. The highest BCUT2D eigenvalue weighted by molar-refractivity contribution is 5.81. The minimum Gasteiger partial charge on any atom is -0.464 e. The minimum atomic E-state index is -2.92. The van der Waals surface area contributed by atoms with Gasteiger partial charge in [-0.2, -0.15) is 0 Å². The van der Waals surface area contributed by atoms with Gasteiger partial charge >= 0.3 is 5.97 Å². The predicted molar refractivity (Wildman–Crippen MR) is 61.7 cm³/mol. The van der Waals surface area contributed by atoms with E-state index in [2.05, 4.69) is 0 Å². The van der Waals surface area contributed by atoms with E-state index < -0.39 is 17.9 Å². The predicted octanol–water partition coefficient (Wildman–Crippen LogP) is 1.42. The van der Waals surface area contributed by atoms with Gasteiger partial charge in [-0.05, 0) is 32.2 Å². The first-order valence-electron chi connectivity index (χ1n) is 5.93. The molecule has 0 aromatic carbocycles. The topological polar surface area (TPSA) is 78.3 Å². The number of alkyl halides is 2. The van der Waals surface area contributed by atoms with Crippen molar-refractivity contribution in [1.29, 1.82) is 0 Å². The van der Waals surface area contributed by atoms with Crippen LogP contribution in [0.5, 0.6) is 0 Å². The van der Waals surface area contributed by atoms with E-state index in [1.807, 2.05) is 6.92 Å². The highest BCUT2D eigenvalue weighted by Crippen LogP contribution is 2.21.